The van der Waals surface area contributed by atoms with Crippen molar-refractivity contribution < 1.29 is 22.4 Å². The lowest BCUT2D eigenvalue weighted by molar-refractivity contribution is 0.0843. The molecule has 3 aromatic carbocycles. The van der Waals surface area contributed by atoms with Crippen LogP contribution >= 0.6 is 0 Å². The van der Waals surface area contributed by atoms with Crippen molar-refractivity contribution in [3.05, 3.63) is 100 Å². The number of carbonyl (C=O) groups excluding carboxylic acids is 2. The van der Waals surface area contributed by atoms with Gasteiger partial charge in [-0.15, -0.1) is 0 Å². The quantitative estimate of drug-likeness (QED) is 0.332. The molecule has 0 unspecified atom stereocenters. The molecule has 0 atom stereocenters. The molecule has 0 fully saturated rings. The first-order valence-corrected chi connectivity index (χ1v) is 12.6. The number of anilines is 1. The van der Waals surface area contributed by atoms with Crippen molar-refractivity contribution in [2.75, 3.05) is 4.72 Å². The van der Waals surface area contributed by atoms with Gasteiger partial charge < -0.3 is 0 Å². The van der Waals surface area contributed by atoms with Crippen LogP contribution in [0.2, 0.25) is 0 Å². The van der Waals surface area contributed by atoms with Crippen LogP contribution in [-0.4, -0.2) is 30.0 Å². The van der Waals surface area contributed by atoms with Gasteiger partial charge in [0.25, 0.3) is 27.4 Å². The van der Waals surface area contributed by atoms with Crippen LogP contribution in [0.4, 0.5) is 10.1 Å². The fraction of sp³-hybridized carbons (Fsp3) is 0.120. The summed E-state index contributed by atoms with van der Waals surface area (Å²) in [5, 5.41) is 4.81. The summed E-state index contributed by atoms with van der Waals surface area (Å²) in [4.78, 5) is 37.9. The number of rotatable bonds is 6. The minimum Gasteiger partial charge on any atom is -0.277 e. The van der Waals surface area contributed by atoms with Gasteiger partial charge >= 0.3 is 0 Å². The van der Waals surface area contributed by atoms with Crippen LogP contribution in [0.5, 0.6) is 0 Å². The number of para-hydroxylation sites is 1. The van der Waals surface area contributed by atoms with Crippen LogP contribution in [-0.2, 0) is 10.0 Å². The third-order valence-corrected chi connectivity index (χ3v) is 6.75. The van der Waals surface area contributed by atoms with Crippen molar-refractivity contribution in [2.24, 2.45) is 0 Å². The molecule has 0 saturated carbocycles. The number of carbonyl (C=O) groups is 2. The number of hydrazine groups is 1. The van der Waals surface area contributed by atoms with Crippen molar-refractivity contribution in [1.82, 2.24) is 20.6 Å². The van der Waals surface area contributed by atoms with Gasteiger partial charge in [0.1, 0.15) is 5.82 Å². The largest absolute Gasteiger partial charge is 0.290 e. The van der Waals surface area contributed by atoms with Crippen molar-refractivity contribution in [2.45, 2.75) is 24.8 Å². The fourth-order valence-corrected chi connectivity index (χ4v) is 4.57. The van der Waals surface area contributed by atoms with Crippen molar-refractivity contribution in [3.8, 4) is 0 Å². The Bertz CT molecular complexity index is 1670. The van der Waals surface area contributed by atoms with E-state index in [1.807, 2.05) is 0 Å². The summed E-state index contributed by atoms with van der Waals surface area (Å²) < 4.78 is 42.2. The highest BCUT2D eigenvalue weighted by molar-refractivity contribution is 7.92. The SMILES string of the molecule is CC(C)n1nc(C(=O)NNC(=O)c2ccc(S(=O)(=O)Nc3ccccc3F)cc2)c2ccccc2c1=O. The number of sulfonamides is 1. The Kier molecular flexibility index (Phi) is 7.02. The summed E-state index contributed by atoms with van der Waals surface area (Å²) >= 11 is 0. The molecule has 190 valence electrons. The maximum atomic E-state index is 13.8. The molecule has 1 heterocycles. The molecule has 10 nitrogen and oxygen atoms in total. The van der Waals surface area contributed by atoms with E-state index in [0.717, 1.165) is 6.07 Å². The first-order valence-electron chi connectivity index (χ1n) is 11.1. The second kappa shape index (κ2) is 10.2. The molecule has 2 amide bonds. The predicted molar refractivity (Wildman–Crippen MR) is 135 cm³/mol. The number of hydrogen-bond acceptors (Lipinski definition) is 6. The molecule has 0 saturated heterocycles. The Hall–Kier alpha value is -4.58. The molecule has 37 heavy (non-hydrogen) atoms. The lowest BCUT2D eigenvalue weighted by Gasteiger charge is -2.14. The molecule has 0 aliphatic carbocycles. The topological polar surface area (TPSA) is 139 Å². The van der Waals surface area contributed by atoms with E-state index in [-0.39, 0.29) is 33.4 Å². The van der Waals surface area contributed by atoms with Crippen LogP contribution in [0.1, 0.15) is 40.7 Å². The standard InChI is InChI=1S/C25H22FN5O5S/c1-15(2)31-25(34)19-8-4-3-7-18(19)22(29-31)24(33)28-27-23(32)16-11-13-17(14-12-16)37(35,36)30-21-10-6-5-9-20(21)26/h3-15,30H,1-2H3,(H,27,32)(H,28,33). The molecule has 0 aliphatic rings. The second-order valence-electron chi connectivity index (χ2n) is 8.26. The molecule has 4 rings (SSSR count). The highest BCUT2D eigenvalue weighted by Gasteiger charge is 2.20. The van der Waals surface area contributed by atoms with Gasteiger partial charge in [-0.3, -0.25) is 30.0 Å². The summed E-state index contributed by atoms with van der Waals surface area (Å²) in [6, 6.07) is 16.3. The Balaban J connectivity index is 1.49. The maximum Gasteiger partial charge on any atom is 0.290 e. The van der Waals surface area contributed by atoms with Gasteiger partial charge in [0, 0.05) is 10.9 Å². The zero-order chi connectivity index (χ0) is 26.7. The number of hydrogen-bond donors (Lipinski definition) is 3. The zero-order valence-electron chi connectivity index (χ0n) is 19.7. The zero-order valence-corrected chi connectivity index (χ0v) is 20.5. The molecular formula is C25H22FN5O5S. The predicted octanol–water partition coefficient (Wildman–Crippen LogP) is 2.99. The van der Waals surface area contributed by atoms with E-state index < -0.39 is 27.7 Å². The third-order valence-electron chi connectivity index (χ3n) is 5.37. The molecule has 0 aliphatic heterocycles. The molecule has 12 heteroatoms. The highest BCUT2D eigenvalue weighted by atomic mass is 32.2. The van der Waals surface area contributed by atoms with Crippen molar-refractivity contribution >= 4 is 38.3 Å². The van der Waals surface area contributed by atoms with E-state index in [2.05, 4.69) is 20.7 Å². The lowest BCUT2D eigenvalue weighted by atomic mass is 10.1. The molecule has 0 radical (unpaired) electrons. The summed E-state index contributed by atoms with van der Waals surface area (Å²) in [5.74, 6) is -2.20. The molecule has 1 aromatic heterocycles. The summed E-state index contributed by atoms with van der Waals surface area (Å²) in [6.45, 7) is 3.50. The van der Waals surface area contributed by atoms with E-state index in [4.69, 9.17) is 0 Å². The van der Waals surface area contributed by atoms with E-state index in [1.54, 1.807) is 38.1 Å². The first-order chi connectivity index (χ1) is 17.6. The summed E-state index contributed by atoms with van der Waals surface area (Å²) in [6.07, 6.45) is 0. The molecule has 3 N–H and O–H groups in total. The second-order valence-corrected chi connectivity index (χ2v) is 9.94. The summed E-state index contributed by atoms with van der Waals surface area (Å²) in [7, 11) is -4.10. The van der Waals surface area contributed by atoms with Gasteiger partial charge in [0.2, 0.25) is 0 Å². The van der Waals surface area contributed by atoms with Crippen LogP contribution < -0.4 is 21.1 Å². The average molecular weight is 524 g/mol. The van der Waals surface area contributed by atoms with Crippen LogP contribution in [0.3, 0.4) is 0 Å². The summed E-state index contributed by atoms with van der Waals surface area (Å²) in [5.41, 5.74) is 3.97. The lowest BCUT2D eigenvalue weighted by Crippen LogP contribution is -2.43. The van der Waals surface area contributed by atoms with E-state index in [9.17, 15) is 27.2 Å². The monoisotopic (exact) mass is 523 g/mol. The normalized spacial score (nSPS) is 11.4. The van der Waals surface area contributed by atoms with Gasteiger partial charge in [-0.2, -0.15) is 5.10 Å². The molecule has 0 spiro atoms. The van der Waals surface area contributed by atoms with Crippen LogP contribution in [0, 0.1) is 5.82 Å². The van der Waals surface area contributed by atoms with E-state index >= 15 is 0 Å². The Morgan fingerprint density at radius 3 is 2.11 bits per heavy atom. The first kappa shape index (κ1) is 25.5. The molecule has 4 aromatic rings. The number of nitrogens with one attached hydrogen (secondary N) is 3. The smallest absolute Gasteiger partial charge is 0.277 e. The molecular weight excluding hydrogens is 501 g/mol. The average Bonchev–Trinajstić information content (AvgIpc) is 2.88. The fourth-order valence-electron chi connectivity index (χ4n) is 3.50. The van der Waals surface area contributed by atoms with Crippen LogP contribution in [0.25, 0.3) is 10.8 Å². The minimum atomic E-state index is -4.10. The number of amides is 2. The van der Waals surface area contributed by atoms with Gasteiger partial charge in [0.05, 0.1) is 22.0 Å². The molecule has 0 bridgehead atoms. The van der Waals surface area contributed by atoms with Gasteiger partial charge in [-0.05, 0) is 56.3 Å². The number of benzene rings is 3. The number of nitrogens with zero attached hydrogens (tertiary/aromatic N) is 2. The Morgan fingerprint density at radius 2 is 1.46 bits per heavy atom. The van der Waals surface area contributed by atoms with E-state index in [1.165, 1.54) is 47.1 Å². The van der Waals surface area contributed by atoms with E-state index in [0.29, 0.717) is 10.8 Å². The number of halogens is 1. The van der Waals surface area contributed by atoms with Gasteiger partial charge in [-0.25, -0.2) is 17.5 Å². The van der Waals surface area contributed by atoms with Gasteiger partial charge in [-0.1, -0.05) is 30.3 Å². The van der Waals surface area contributed by atoms with Crippen molar-refractivity contribution in [1.29, 1.82) is 0 Å². The Labute approximate surface area is 211 Å². The van der Waals surface area contributed by atoms with Crippen molar-refractivity contribution in [3.63, 3.8) is 0 Å². The maximum absolute atomic E-state index is 13.8. The third kappa shape index (κ3) is 5.33. The number of fused-ring (bicyclic) bond motifs is 1. The van der Waals surface area contributed by atoms with Crippen LogP contribution in [0.15, 0.2) is 82.5 Å². The minimum absolute atomic E-state index is 0.0510. The number of aromatic nitrogens is 2. The highest BCUT2D eigenvalue weighted by Crippen LogP contribution is 2.19. The van der Waals surface area contributed by atoms with Gasteiger partial charge in [0.15, 0.2) is 5.69 Å². The Morgan fingerprint density at radius 1 is 0.865 bits per heavy atom.